The van der Waals surface area contributed by atoms with Crippen molar-refractivity contribution in [1.29, 1.82) is 0 Å². The molecule has 2 aromatic carbocycles. The first kappa shape index (κ1) is 18.9. The molecule has 124 valence electrons. The molecule has 0 fully saturated rings. The standard InChI is InChI=1S/C14H15N3O4S.ClH/c15-13(18)8-12(14(16)19)17-22(20,21)11-6-5-9-3-1-2-4-10(9)7-11;/h1-7,12,17H,8H2,(H2,15,18)(H2,16,19);1H. The van der Waals surface area contributed by atoms with Gasteiger partial charge in [0.2, 0.25) is 21.8 Å². The van der Waals surface area contributed by atoms with Gasteiger partial charge in [0.15, 0.2) is 0 Å². The average Bonchev–Trinajstić information content (AvgIpc) is 2.45. The number of halogens is 1. The van der Waals surface area contributed by atoms with Crippen LogP contribution in [0.15, 0.2) is 47.4 Å². The van der Waals surface area contributed by atoms with Crippen molar-refractivity contribution < 1.29 is 18.0 Å². The highest BCUT2D eigenvalue weighted by molar-refractivity contribution is 7.89. The van der Waals surface area contributed by atoms with Gasteiger partial charge in [-0.15, -0.1) is 12.4 Å². The molecule has 5 N–H and O–H groups in total. The second-order valence-electron chi connectivity index (χ2n) is 4.76. The Hall–Kier alpha value is -2.16. The highest BCUT2D eigenvalue weighted by Gasteiger charge is 2.25. The molecule has 2 rings (SSSR count). The van der Waals surface area contributed by atoms with E-state index in [1.54, 1.807) is 18.2 Å². The summed E-state index contributed by atoms with van der Waals surface area (Å²) >= 11 is 0. The molecule has 0 aromatic heterocycles. The number of nitrogens with one attached hydrogen (secondary N) is 1. The third kappa shape index (κ3) is 4.65. The molecule has 9 heteroatoms. The van der Waals surface area contributed by atoms with Crippen LogP contribution in [0.1, 0.15) is 6.42 Å². The fraction of sp³-hybridized carbons (Fsp3) is 0.143. The molecule has 0 aliphatic carbocycles. The minimum absolute atomic E-state index is 0. The number of sulfonamides is 1. The molecule has 0 radical (unpaired) electrons. The highest BCUT2D eigenvalue weighted by Crippen LogP contribution is 2.19. The third-order valence-corrected chi connectivity index (χ3v) is 4.55. The fourth-order valence-electron chi connectivity index (χ4n) is 1.99. The third-order valence-electron chi connectivity index (χ3n) is 3.08. The second-order valence-corrected chi connectivity index (χ2v) is 6.47. The lowest BCUT2D eigenvalue weighted by molar-refractivity contribution is -0.124. The number of primary amides is 2. The summed E-state index contributed by atoms with van der Waals surface area (Å²) in [5, 5.41) is 1.61. The van der Waals surface area contributed by atoms with Crippen molar-refractivity contribution in [3.8, 4) is 0 Å². The quantitative estimate of drug-likeness (QED) is 0.684. The minimum Gasteiger partial charge on any atom is -0.370 e. The summed E-state index contributed by atoms with van der Waals surface area (Å²) in [5.41, 5.74) is 10.1. The van der Waals surface area contributed by atoms with Crippen LogP contribution in [0.4, 0.5) is 0 Å². The van der Waals surface area contributed by atoms with Gasteiger partial charge in [-0.3, -0.25) is 9.59 Å². The molecule has 0 saturated heterocycles. The monoisotopic (exact) mass is 357 g/mol. The van der Waals surface area contributed by atoms with E-state index >= 15 is 0 Å². The first-order valence-electron chi connectivity index (χ1n) is 6.38. The van der Waals surface area contributed by atoms with Crippen LogP contribution in [0.25, 0.3) is 10.8 Å². The van der Waals surface area contributed by atoms with E-state index < -0.39 is 34.3 Å². The molecule has 0 bridgehead atoms. The summed E-state index contributed by atoms with van der Waals surface area (Å²) in [6, 6.07) is 10.4. The number of benzene rings is 2. The molecule has 0 heterocycles. The van der Waals surface area contributed by atoms with Crippen LogP contribution in [-0.4, -0.2) is 26.3 Å². The molecular weight excluding hydrogens is 342 g/mol. The summed E-state index contributed by atoms with van der Waals surface area (Å²) in [5.74, 6) is -1.80. The van der Waals surface area contributed by atoms with E-state index in [-0.39, 0.29) is 17.3 Å². The molecule has 0 saturated carbocycles. The second kappa shape index (κ2) is 7.40. The van der Waals surface area contributed by atoms with Crippen LogP contribution in [-0.2, 0) is 19.6 Å². The van der Waals surface area contributed by atoms with Gasteiger partial charge in [0.1, 0.15) is 6.04 Å². The Morgan fingerprint density at radius 1 is 1.04 bits per heavy atom. The van der Waals surface area contributed by atoms with Crippen molar-refractivity contribution in [1.82, 2.24) is 4.72 Å². The Labute approximate surface area is 139 Å². The Kier molecular flexibility index (Phi) is 6.08. The Balaban J connectivity index is 0.00000264. The Bertz CT molecular complexity index is 839. The van der Waals surface area contributed by atoms with Crippen molar-refractivity contribution in [3.05, 3.63) is 42.5 Å². The smallest absolute Gasteiger partial charge is 0.241 e. The van der Waals surface area contributed by atoms with Crippen LogP contribution >= 0.6 is 12.4 Å². The SMILES string of the molecule is Cl.NC(=O)CC(NS(=O)(=O)c1ccc2ccccc2c1)C(N)=O. The molecule has 23 heavy (non-hydrogen) atoms. The molecule has 1 atom stereocenters. The molecule has 2 aromatic rings. The number of amides is 2. The predicted molar refractivity (Wildman–Crippen MR) is 88.3 cm³/mol. The topological polar surface area (TPSA) is 132 Å². The normalized spacial score (nSPS) is 12.3. The number of carbonyl (C=O) groups is 2. The summed E-state index contributed by atoms with van der Waals surface area (Å²) in [6.07, 6.45) is -0.498. The number of hydrogen-bond acceptors (Lipinski definition) is 4. The van der Waals surface area contributed by atoms with Gasteiger partial charge in [0.25, 0.3) is 0 Å². The molecule has 1 unspecified atom stereocenters. The predicted octanol–water partition coefficient (Wildman–Crippen LogP) is 0.269. The Morgan fingerprint density at radius 2 is 1.65 bits per heavy atom. The van der Waals surface area contributed by atoms with Crippen molar-refractivity contribution >= 4 is 45.0 Å². The number of rotatable bonds is 6. The largest absolute Gasteiger partial charge is 0.370 e. The fourth-order valence-corrected chi connectivity index (χ4v) is 3.23. The van der Waals surface area contributed by atoms with Gasteiger partial charge in [-0.25, -0.2) is 8.42 Å². The Morgan fingerprint density at radius 3 is 2.22 bits per heavy atom. The lowest BCUT2D eigenvalue weighted by Crippen LogP contribution is -2.46. The maximum absolute atomic E-state index is 12.3. The highest BCUT2D eigenvalue weighted by atomic mass is 35.5. The maximum atomic E-state index is 12.3. The van der Waals surface area contributed by atoms with Gasteiger partial charge in [-0.2, -0.15) is 4.72 Å². The minimum atomic E-state index is -4.00. The summed E-state index contributed by atoms with van der Waals surface area (Å²) in [4.78, 5) is 22.1. The zero-order chi connectivity index (χ0) is 16.3. The van der Waals surface area contributed by atoms with E-state index in [9.17, 15) is 18.0 Å². The van der Waals surface area contributed by atoms with E-state index in [1.807, 2.05) is 12.1 Å². The van der Waals surface area contributed by atoms with Gasteiger partial charge in [-0.1, -0.05) is 30.3 Å². The lowest BCUT2D eigenvalue weighted by Gasteiger charge is -2.14. The van der Waals surface area contributed by atoms with Gasteiger partial charge in [0, 0.05) is 0 Å². The maximum Gasteiger partial charge on any atom is 0.241 e. The number of hydrogen-bond donors (Lipinski definition) is 3. The summed E-state index contributed by atoms with van der Waals surface area (Å²) in [6.45, 7) is 0. The first-order valence-corrected chi connectivity index (χ1v) is 7.86. The average molecular weight is 358 g/mol. The number of fused-ring (bicyclic) bond motifs is 1. The van der Waals surface area contributed by atoms with E-state index in [1.165, 1.54) is 12.1 Å². The zero-order valence-corrected chi connectivity index (χ0v) is 13.6. The molecule has 0 aliphatic heterocycles. The zero-order valence-electron chi connectivity index (χ0n) is 11.9. The van der Waals surface area contributed by atoms with Gasteiger partial charge < -0.3 is 11.5 Å². The lowest BCUT2D eigenvalue weighted by atomic mass is 10.1. The molecule has 0 spiro atoms. The van der Waals surface area contributed by atoms with Crippen LogP contribution in [0.5, 0.6) is 0 Å². The van der Waals surface area contributed by atoms with E-state index in [4.69, 9.17) is 11.5 Å². The molecule has 0 aliphatic rings. The van der Waals surface area contributed by atoms with Crippen LogP contribution < -0.4 is 16.2 Å². The molecule has 2 amide bonds. The first-order chi connectivity index (χ1) is 10.3. The summed E-state index contributed by atoms with van der Waals surface area (Å²) in [7, 11) is -4.00. The summed E-state index contributed by atoms with van der Waals surface area (Å²) < 4.78 is 26.7. The van der Waals surface area contributed by atoms with Gasteiger partial charge in [-0.05, 0) is 22.9 Å². The van der Waals surface area contributed by atoms with E-state index in [0.29, 0.717) is 0 Å². The van der Waals surface area contributed by atoms with Crippen LogP contribution in [0.3, 0.4) is 0 Å². The van der Waals surface area contributed by atoms with Crippen molar-refractivity contribution in [2.24, 2.45) is 11.5 Å². The van der Waals surface area contributed by atoms with Crippen LogP contribution in [0.2, 0.25) is 0 Å². The number of nitrogens with two attached hydrogens (primary N) is 2. The van der Waals surface area contributed by atoms with E-state index in [2.05, 4.69) is 4.72 Å². The molecular formula is C14H16ClN3O4S. The number of carbonyl (C=O) groups excluding carboxylic acids is 2. The van der Waals surface area contributed by atoms with Crippen molar-refractivity contribution in [2.45, 2.75) is 17.4 Å². The van der Waals surface area contributed by atoms with Gasteiger partial charge in [0.05, 0.1) is 11.3 Å². The molecule has 7 nitrogen and oxygen atoms in total. The van der Waals surface area contributed by atoms with Crippen molar-refractivity contribution in [3.63, 3.8) is 0 Å². The van der Waals surface area contributed by atoms with Crippen molar-refractivity contribution in [2.75, 3.05) is 0 Å². The van der Waals surface area contributed by atoms with Gasteiger partial charge >= 0.3 is 0 Å². The van der Waals surface area contributed by atoms with Crippen LogP contribution in [0, 0.1) is 0 Å². The van der Waals surface area contributed by atoms with E-state index in [0.717, 1.165) is 10.8 Å².